The van der Waals surface area contributed by atoms with Gasteiger partial charge in [0.15, 0.2) is 0 Å². The molecule has 0 spiro atoms. The molecule has 0 amide bonds. The van der Waals surface area contributed by atoms with Gasteiger partial charge in [-0.15, -0.1) is 11.6 Å². The summed E-state index contributed by atoms with van der Waals surface area (Å²) in [5, 5.41) is 3.09. The monoisotopic (exact) mass is 171 g/mol. The van der Waals surface area contributed by atoms with Crippen molar-refractivity contribution in [3.8, 4) is 0 Å². The highest BCUT2D eigenvalue weighted by Gasteiger charge is 1.98. The summed E-state index contributed by atoms with van der Waals surface area (Å²) in [6.07, 6.45) is 4.95. The van der Waals surface area contributed by atoms with Gasteiger partial charge in [-0.3, -0.25) is 4.98 Å². The average Bonchev–Trinajstić information content (AvgIpc) is 2.06. The van der Waals surface area contributed by atoms with Crippen LogP contribution < -0.4 is 5.32 Å². The van der Waals surface area contributed by atoms with Gasteiger partial charge in [0.05, 0.1) is 6.20 Å². The molecule has 0 aliphatic heterocycles. The Balaban J connectivity index is 2.51. The SMILES string of the molecule is CC(CCl)Nc1cnccn1. The zero-order valence-electron chi connectivity index (χ0n) is 6.29. The number of halogens is 1. The van der Waals surface area contributed by atoms with Crippen molar-refractivity contribution in [1.82, 2.24) is 9.97 Å². The highest BCUT2D eigenvalue weighted by Crippen LogP contribution is 2.00. The smallest absolute Gasteiger partial charge is 0.144 e. The van der Waals surface area contributed by atoms with Gasteiger partial charge >= 0.3 is 0 Å². The molecule has 1 aromatic rings. The van der Waals surface area contributed by atoms with Gasteiger partial charge in [0.1, 0.15) is 5.82 Å². The molecular formula is C7H10ClN3. The van der Waals surface area contributed by atoms with Crippen LogP contribution in [0.2, 0.25) is 0 Å². The largest absolute Gasteiger partial charge is 0.365 e. The van der Waals surface area contributed by atoms with E-state index < -0.39 is 0 Å². The van der Waals surface area contributed by atoms with Crippen molar-refractivity contribution >= 4 is 17.4 Å². The minimum Gasteiger partial charge on any atom is -0.365 e. The van der Waals surface area contributed by atoms with Gasteiger partial charge in [0.2, 0.25) is 0 Å². The van der Waals surface area contributed by atoms with Gasteiger partial charge in [0, 0.05) is 24.3 Å². The summed E-state index contributed by atoms with van der Waals surface area (Å²) in [5.41, 5.74) is 0. The zero-order chi connectivity index (χ0) is 8.10. The lowest BCUT2D eigenvalue weighted by Crippen LogP contribution is -2.17. The standard InChI is InChI=1S/C7H10ClN3/c1-6(4-8)11-7-5-9-2-3-10-7/h2-3,5-6H,4H2,1H3,(H,10,11). The van der Waals surface area contributed by atoms with Gasteiger partial charge in [-0.2, -0.15) is 0 Å². The number of hydrogen-bond acceptors (Lipinski definition) is 3. The van der Waals surface area contributed by atoms with Crippen molar-refractivity contribution in [3.05, 3.63) is 18.6 Å². The maximum atomic E-state index is 5.59. The summed E-state index contributed by atoms with van der Waals surface area (Å²) in [6, 6.07) is 0.230. The van der Waals surface area contributed by atoms with E-state index >= 15 is 0 Å². The van der Waals surface area contributed by atoms with Crippen molar-refractivity contribution < 1.29 is 0 Å². The van der Waals surface area contributed by atoms with Crippen LogP contribution in [-0.4, -0.2) is 21.9 Å². The Labute approximate surface area is 70.8 Å². The summed E-state index contributed by atoms with van der Waals surface area (Å²) in [5.74, 6) is 1.33. The van der Waals surface area contributed by atoms with Crippen molar-refractivity contribution in [2.75, 3.05) is 11.2 Å². The minimum atomic E-state index is 0.230. The Hall–Kier alpha value is -0.830. The lowest BCUT2D eigenvalue weighted by molar-refractivity contribution is 0.893. The van der Waals surface area contributed by atoms with E-state index in [1.165, 1.54) is 0 Å². The second-order valence-electron chi connectivity index (χ2n) is 2.29. The highest BCUT2D eigenvalue weighted by molar-refractivity contribution is 6.18. The Morgan fingerprint density at radius 3 is 3.00 bits per heavy atom. The summed E-state index contributed by atoms with van der Waals surface area (Å²) >= 11 is 5.59. The van der Waals surface area contributed by atoms with Crippen molar-refractivity contribution in [2.24, 2.45) is 0 Å². The number of rotatable bonds is 3. The summed E-state index contributed by atoms with van der Waals surface area (Å²) < 4.78 is 0. The summed E-state index contributed by atoms with van der Waals surface area (Å²) in [7, 11) is 0. The van der Waals surface area contributed by atoms with Crippen LogP contribution in [0.25, 0.3) is 0 Å². The molecule has 11 heavy (non-hydrogen) atoms. The number of alkyl halides is 1. The molecule has 0 aliphatic rings. The third kappa shape index (κ3) is 2.72. The van der Waals surface area contributed by atoms with Gasteiger partial charge < -0.3 is 5.32 Å². The molecule has 0 saturated carbocycles. The van der Waals surface area contributed by atoms with Crippen molar-refractivity contribution in [2.45, 2.75) is 13.0 Å². The second-order valence-corrected chi connectivity index (χ2v) is 2.60. The van der Waals surface area contributed by atoms with Crippen molar-refractivity contribution in [3.63, 3.8) is 0 Å². The number of hydrogen-bond donors (Lipinski definition) is 1. The Morgan fingerprint density at radius 1 is 1.64 bits per heavy atom. The predicted octanol–water partition coefficient (Wildman–Crippen LogP) is 1.52. The first kappa shape index (κ1) is 8.27. The summed E-state index contributed by atoms with van der Waals surface area (Å²) in [4.78, 5) is 7.94. The molecule has 0 aromatic carbocycles. The molecule has 1 heterocycles. The molecule has 0 fully saturated rings. The van der Waals surface area contributed by atoms with Crippen LogP contribution in [0.4, 0.5) is 5.82 Å². The van der Waals surface area contributed by atoms with Gasteiger partial charge in [0.25, 0.3) is 0 Å². The molecule has 0 aliphatic carbocycles. The number of nitrogens with zero attached hydrogens (tertiary/aromatic N) is 2. The molecule has 1 atom stereocenters. The van der Waals surface area contributed by atoms with Crippen LogP contribution in [0.15, 0.2) is 18.6 Å². The Morgan fingerprint density at radius 2 is 2.45 bits per heavy atom. The lowest BCUT2D eigenvalue weighted by Gasteiger charge is -2.09. The highest BCUT2D eigenvalue weighted by atomic mass is 35.5. The Kier molecular flexibility index (Phi) is 3.11. The molecule has 0 bridgehead atoms. The van der Waals surface area contributed by atoms with Gasteiger partial charge in [-0.1, -0.05) is 0 Å². The fourth-order valence-corrected chi connectivity index (χ4v) is 0.742. The maximum absolute atomic E-state index is 5.59. The van der Waals surface area contributed by atoms with Crippen LogP contribution >= 0.6 is 11.6 Å². The van der Waals surface area contributed by atoms with Crippen LogP contribution in [0, 0.1) is 0 Å². The van der Waals surface area contributed by atoms with E-state index in [0.29, 0.717) is 5.88 Å². The summed E-state index contributed by atoms with van der Waals surface area (Å²) in [6.45, 7) is 1.99. The van der Waals surface area contributed by atoms with Gasteiger partial charge in [-0.25, -0.2) is 4.98 Å². The normalized spacial score (nSPS) is 12.5. The fraction of sp³-hybridized carbons (Fsp3) is 0.429. The quantitative estimate of drug-likeness (QED) is 0.701. The molecular weight excluding hydrogens is 162 g/mol. The molecule has 0 radical (unpaired) electrons. The first-order valence-electron chi connectivity index (χ1n) is 3.41. The van der Waals surface area contributed by atoms with Crippen LogP contribution in [-0.2, 0) is 0 Å². The molecule has 4 heteroatoms. The first-order chi connectivity index (χ1) is 5.33. The van der Waals surface area contributed by atoms with Crippen LogP contribution in [0.3, 0.4) is 0 Å². The molecule has 60 valence electrons. The van der Waals surface area contributed by atoms with Crippen molar-refractivity contribution in [1.29, 1.82) is 0 Å². The van der Waals surface area contributed by atoms with Crippen LogP contribution in [0.5, 0.6) is 0 Å². The van der Waals surface area contributed by atoms with Gasteiger partial charge in [-0.05, 0) is 6.92 Å². The maximum Gasteiger partial charge on any atom is 0.144 e. The van der Waals surface area contributed by atoms with E-state index in [0.717, 1.165) is 5.82 Å². The molecule has 1 aromatic heterocycles. The van der Waals surface area contributed by atoms with E-state index in [-0.39, 0.29) is 6.04 Å². The zero-order valence-corrected chi connectivity index (χ0v) is 7.04. The minimum absolute atomic E-state index is 0.230. The lowest BCUT2D eigenvalue weighted by atomic mass is 10.4. The topological polar surface area (TPSA) is 37.8 Å². The third-order valence-electron chi connectivity index (χ3n) is 1.19. The molecule has 1 unspecified atom stereocenters. The van der Waals surface area contributed by atoms with E-state index in [4.69, 9.17) is 11.6 Å². The van der Waals surface area contributed by atoms with E-state index in [2.05, 4.69) is 15.3 Å². The first-order valence-corrected chi connectivity index (χ1v) is 3.95. The Bertz CT molecular complexity index is 202. The fourth-order valence-electron chi connectivity index (χ4n) is 0.665. The van der Waals surface area contributed by atoms with E-state index in [9.17, 15) is 0 Å². The molecule has 3 nitrogen and oxygen atoms in total. The van der Waals surface area contributed by atoms with E-state index in [1.807, 2.05) is 6.92 Å². The predicted molar refractivity (Wildman–Crippen MR) is 45.8 cm³/mol. The molecule has 0 saturated heterocycles. The molecule has 1 N–H and O–H groups in total. The second kappa shape index (κ2) is 4.13. The number of nitrogens with one attached hydrogen (secondary N) is 1. The average molecular weight is 172 g/mol. The third-order valence-corrected chi connectivity index (χ3v) is 1.65. The molecule has 1 rings (SSSR count). The van der Waals surface area contributed by atoms with Crippen LogP contribution in [0.1, 0.15) is 6.92 Å². The number of anilines is 1. The van der Waals surface area contributed by atoms with E-state index in [1.54, 1.807) is 18.6 Å². The number of aromatic nitrogens is 2.